The van der Waals surface area contributed by atoms with Crippen molar-refractivity contribution in [2.24, 2.45) is 0 Å². The van der Waals surface area contributed by atoms with Gasteiger partial charge in [0.15, 0.2) is 5.78 Å². The van der Waals surface area contributed by atoms with Crippen LogP contribution < -0.4 is 0 Å². The van der Waals surface area contributed by atoms with Crippen LogP contribution in [-0.2, 0) is 0 Å². The molecule has 1 aromatic rings. The van der Waals surface area contributed by atoms with E-state index in [4.69, 9.17) is 0 Å². The number of thioether (sulfide) groups is 1. The Morgan fingerprint density at radius 1 is 1.32 bits per heavy atom. The second-order valence-corrected chi connectivity index (χ2v) is 6.88. The summed E-state index contributed by atoms with van der Waals surface area (Å²) in [4.78, 5) is 14.6. The van der Waals surface area contributed by atoms with E-state index in [0.717, 1.165) is 18.7 Å². The Balaban J connectivity index is 1.88. The maximum atomic E-state index is 12.2. The Hall–Kier alpha value is -0.800. The molecule has 0 N–H and O–H groups in total. The van der Waals surface area contributed by atoms with Gasteiger partial charge in [-0.3, -0.25) is 9.69 Å². The van der Waals surface area contributed by atoms with Gasteiger partial charge in [0.05, 0.1) is 0 Å². The van der Waals surface area contributed by atoms with Crippen LogP contribution in [0, 0.1) is 6.92 Å². The lowest BCUT2D eigenvalue weighted by atomic mass is 10.1. The van der Waals surface area contributed by atoms with Gasteiger partial charge in [0.1, 0.15) is 0 Å². The highest BCUT2D eigenvalue weighted by atomic mass is 32.2. The van der Waals surface area contributed by atoms with Gasteiger partial charge in [-0.25, -0.2) is 0 Å². The van der Waals surface area contributed by atoms with Crippen LogP contribution in [0.2, 0.25) is 0 Å². The number of Topliss-reactive ketones (excluding diaryl/α,β-unsaturated/α-hetero) is 1. The minimum absolute atomic E-state index is 0.262. The highest BCUT2D eigenvalue weighted by Crippen LogP contribution is 2.24. The molecular formula is C16H23NOS. The van der Waals surface area contributed by atoms with Crippen molar-refractivity contribution in [3.8, 4) is 0 Å². The van der Waals surface area contributed by atoms with Gasteiger partial charge in [0.2, 0.25) is 0 Å². The molecule has 2 unspecified atom stereocenters. The molecule has 2 atom stereocenters. The average molecular weight is 277 g/mol. The predicted octanol–water partition coefficient (Wildman–Crippen LogP) is 3.39. The number of rotatable bonds is 4. The van der Waals surface area contributed by atoms with Gasteiger partial charge in [-0.1, -0.05) is 36.8 Å². The van der Waals surface area contributed by atoms with Gasteiger partial charge in [-0.05, 0) is 13.8 Å². The third-order valence-corrected chi connectivity index (χ3v) is 5.35. The van der Waals surface area contributed by atoms with E-state index in [-0.39, 0.29) is 5.78 Å². The number of carbonyl (C=O) groups excluding carboxylic acids is 1. The van der Waals surface area contributed by atoms with Crippen molar-refractivity contribution in [1.82, 2.24) is 4.90 Å². The van der Waals surface area contributed by atoms with E-state index < -0.39 is 0 Å². The van der Waals surface area contributed by atoms with Crippen molar-refractivity contribution in [3.63, 3.8) is 0 Å². The molecule has 0 radical (unpaired) electrons. The van der Waals surface area contributed by atoms with Gasteiger partial charge in [-0.15, -0.1) is 0 Å². The van der Waals surface area contributed by atoms with Crippen molar-refractivity contribution >= 4 is 17.5 Å². The molecule has 0 amide bonds. The zero-order chi connectivity index (χ0) is 13.8. The molecule has 0 saturated carbocycles. The summed E-state index contributed by atoms with van der Waals surface area (Å²) >= 11 is 2.04. The van der Waals surface area contributed by atoms with Gasteiger partial charge in [-0.2, -0.15) is 11.8 Å². The number of aryl methyl sites for hydroxylation is 1. The van der Waals surface area contributed by atoms with Crippen molar-refractivity contribution in [1.29, 1.82) is 0 Å². The zero-order valence-electron chi connectivity index (χ0n) is 12.1. The van der Waals surface area contributed by atoms with Crippen molar-refractivity contribution in [2.45, 2.75) is 38.5 Å². The fourth-order valence-electron chi connectivity index (χ4n) is 2.44. The standard InChI is InChI=1S/C16H23NOS/c1-12-4-6-15(7-5-12)16(18)8-9-17-10-11-19-14(3)13(17)2/h4-7,13-14H,8-11H2,1-3H3. The number of ketones is 1. The van der Waals surface area contributed by atoms with E-state index in [1.165, 1.54) is 11.3 Å². The minimum Gasteiger partial charge on any atom is -0.298 e. The van der Waals surface area contributed by atoms with Gasteiger partial charge in [0, 0.05) is 42.1 Å². The number of nitrogens with zero attached hydrogens (tertiary/aromatic N) is 1. The molecule has 104 valence electrons. The largest absolute Gasteiger partial charge is 0.298 e. The van der Waals surface area contributed by atoms with Crippen LogP contribution in [0.3, 0.4) is 0 Å². The Labute approximate surface area is 120 Å². The summed E-state index contributed by atoms with van der Waals surface area (Å²) in [6.45, 7) is 8.59. The first-order valence-electron chi connectivity index (χ1n) is 7.03. The van der Waals surface area contributed by atoms with Crippen LogP contribution in [0.15, 0.2) is 24.3 Å². The smallest absolute Gasteiger partial charge is 0.164 e. The highest BCUT2D eigenvalue weighted by Gasteiger charge is 2.25. The molecule has 1 fully saturated rings. The lowest BCUT2D eigenvalue weighted by Crippen LogP contribution is -2.45. The second-order valence-electron chi connectivity index (χ2n) is 5.39. The first-order chi connectivity index (χ1) is 9.08. The Morgan fingerprint density at radius 2 is 2.00 bits per heavy atom. The lowest BCUT2D eigenvalue weighted by Gasteiger charge is -2.37. The summed E-state index contributed by atoms with van der Waals surface area (Å²) in [5.41, 5.74) is 2.05. The summed E-state index contributed by atoms with van der Waals surface area (Å²) in [6, 6.07) is 8.47. The fraction of sp³-hybridized carbons (Fsp3) is 0.562. The van der Waals surface area contributed by atoms with Gasteiger partial charge < -0.3 is 0 Å². The maximum absolute atomic E-state index is 12.2. The van der Waals surface area contributed by atoms with E-state index in [9.17, 15) is 4.79 Å². The van der Waals surface area contributed by atoms with Crippen LogP contribution >= 0.6 is 11.8 Å². The zero-order valence-corrected chi connectivity index (χ0v) is 12.9. The summed E-state index contributed by atoms with van der Waals surface area (Å²) in [5.74, 6) is 1.45. The number of hydrogen-bond acceptors (Lipinski definition) is 3. The molecule has 0 spiro atoms. The molecule has 0 bridgehead atoms. The molecule has 1 heterocycles. The summed E-state index contributed by atoms with van der Waals surface area (Å²) in [5, 5.41) is 0.670. The van der Waals surface area contributed by atoms with Crippen molar-refractivity contribution in [3.05, 3.63) is 35.4 Å². The summed E-state index contributed by atoms with van der Waals surface area (Å²) in [7, 11) is 0. The average Bonchev–Trinajstić information content (AvgIpc) is 2.41. The van der Waals surface area contributed by atoms with E-state index in [1.807, 2.05) is 43.0 Å². The molecule has 1 aliphatic heterocycles. The molecule has 2 nitrogen and oxygen atoms in total. The minimum atomic E-state index is 0.262. The molecule has 1 aromatic carbocycles. The van der Waals surface area contributed by atoms with Crippen molar-refractivity contribution in [2.75, 3.05) is 18.8 Å². The number of benzene rings is 1. The molecular weight excluding hydrogens is 254 g/mol. The van der Waals surface area contributed by atoms with E-state index >= 15 is 0 Å². The first kappa shape index (κ1) is 14.6. The van der Waals surface area contributed by atoms with Crippen LogP contribution in [0.4, 0.5) is 0 Å². The molecule has 3 heteroatoms. The third kappa shape index (κ3) is 3.83. The quantitative estimate of drug-likeness (QED) is 0.787. The van der Waals surface area contributed by atoms with Crippen LogP contribution in [-0.4, -0.2) is 40.8 Å². The van der Waals surface area contributed by atoms with Crippen LogP contribution in [0.25, 0.3) is 0 Å². The normalized spacial score (nSPS) is 24.4. The third-order valence-electron chi connectivity index (χ3n) is 4.01. The second kappa shape index (κ2) is 6.58. The molecule has 0 aromatic heterocycles. The Morgan fingerprint density at radius 3 is 2.68 bits per heavy atom. The van der Waals surface area contributed by atoms with E-state index in [0.29, 0.717) is 17.7 Å². The monoisotopic (exact) mass is 277 g/mol. The summed E-state index contributed by atoms with van der Waals surface area (Å²) in [6.07, 6.45) is 0.630. The van der Waals surface area contributed by atoms with Gasteiger partial charge in [0.25, 0.3) is 0 Å². The predicted molar refractivity (Wildman–Crippen MR) is 83.1 cm³/mol. The Kier molecular flexibility index (Phi) is 5.06. The first-order valence-corrected chi connectivity index (χ1v) is 8.08. The SMILES string of the molecule is Cc1ccc(C(=O)CCN2CCSC(C)C2C)cc1. The fourth-order valence-corrected chi connectivity index (χ4v) is 3.60. The van der Waals surface area contributed by atoms with Crippen molar-refractivity contribution < 1.29 is 4.79 Å². The molecule has 1 saturated heterocycles. The molecule has 19 heavy (non-hydrogen) atoms. The maximum Gasteiger partial charge on any atom is 0.164 e. The Bertz CT molecular complexity index is 429. The van der Waals surface area contributed by atoms with Crippen LogP contribution in [0.5, 0.6) is 0 Å². The number of carbonyl (C=O) groups is 1. The van der Waals surface area contributed by atoms with E-state index in [1.54, 1.807) is 0 Å². The molecule has 0 aliphatic carbocycles. The lowest BCUT2D eigenvalue weighted by molar-refractivity contribution is 0.0954. The number of hydrogen-bond donors (Lipinski definition) is 0. The van der Waals surface area contributed by atoms with E-state index in [2.05, 4.69) is 18.7 Å². The molecule has 2 rings (SSSR count). The van der Waals surface area contributed by atoms with Crippen LogP contribution in [0.1, 0.15) is 36.2 Å². The highest BCUT2D eigenvalue weighted by molar-refractivity contribution is 8.00. The topological polar surface area (TPSA) is 20.3 Å². The molecule has 1 aliphatic rings. The summed E-state index contributed by atoms with van der Waals surface area (Å²) < 4.78 is 0. The van der Waals surface area contributed by atoms with Gasteiger partial charge >= 0.3 is 0 Å².